The molecule has 164 valence electrons. The highest BCUT2D eigenvalue weighted by Crippen LogP contribution is 2.48. The van der Waals surface area contributed by atoms with Gasteiger partial charge >= 0.3 is 0 Å². The number of para-hydroxylation sites is 2. The van der Waals surface area contributed by atoms with E-state index in [4.69, 9.17) is 17.0 Å². The summed E-state index contributed by atoms with van der Waals surface area (Å²) in [6.07, 6.45) is 1.77. The molecule has 0 atom stereocenters. The van der Waals surface area contributed by atoms with Crippen molar-refractivity contribution in [1.29, 1.82) is 0 Å². The predicted octanol–water partition coefficient (Wildman–Crippen LogP) is 5.73. The molecule has 33 heavy (non-hydrogen) atoms. The Hall–Kier alpha value is -3.07. The second-order valence-corrected chi connectivity index (χ2v) is 10.1. The van der Waals surface area contributed by atoms with Crippen LogP contribution in [0.1, 0.15) is 5.56 Å². The van der Waals surface area contributed by atoms with Gasteiger partial charge in [0.2, 0.25) is 0 Å². The number of benzene rings is 3. The Morgan fingerprint density at radius 1 is 0.970 bits per heavy atom. The van der Waals surface area contributed by atoms with Crippen molar-refractivity contribution in [3.63, 3.8) is 0 Å². The molecule has 2 aliphatic rings. The minimum Gasteiger partial charge on any atom is -0.497 e. The Balaban J connectivity index is 1.42. The van der Waals surface area contributed by atoms with Gasteiger partial charge in [-0.2, -0.15) is 0 Å². The maximum atomic E-state index is 13.5. The number of carbonyl (C=O) groups excluding carboxylic acids is 2. The van der Waals surface area contributed by atoms with Crippen LogP contribution in [0.2, 0.25) is 0 Å². The number of amides is 2. The number of hydrogen-bond donors (Lipinski definition) is 0. The van der Waals surface area contributed by atoms with Gasteiger partial charge in [0.25, 0.3) is 11.8 Å². The molecule has 0 bridgehead atoms. The summed E-state index contributed by atoms with van der Waals surface area (Å²) in [5.41, 5.74) is 2.45. The van der Waals surface area contributed by atoms with Gasteiger partial charge in [-0.3, -0.25) is 19.4 Å². The molecule has 3 aromatic rings. The molecule has 0 aliphatic carbocycles. The van der Waals surface area contributed by atoms with Gasteiger partial charge in [0, 0.05) is 9.79 Å². The third-order valence-corrected chi connectivity index (χ3v) is 7.75. The molecule has 1 fully saturated rings. The molecule has 5 rings (SSSR count). The number of rotatable bonds is 4. The molecular weight excluding hydrogens is 472 g/mol. The number of thioether (sulfide) groups is 1. The molecule has 0 aromatic heterocycles. The van der Waals surface area contributed by atoms with Crippen molar-refractivity contribution in [2.24, 2.45) is 0 Å². The first-order valence-corrected chi connectivity index (χ1v) is 12.2. The van der Waals surface area contributed by atoms with E-state index >= 15 is 0 Å². The fraction of sp³-hybridized carbons (Fsp3) is 0.0800. The zero-order chi connectivity index (χ0) is 22.9. The minimum absolute atomic E-state index is 0.131. The lowest BCUT2D eigenvalue weighted by molar-refractivity contribution is -0.127. The van der Waals surface area contributed by atoms with E-state index in [1.165, 1.54) is 16.7 Å². The molecule has 1 saturated heterocycles. The van der Waals surface area contributed by atoms with Crippen molar-refractivity contribution < 1.29 is 14.3 Å². The SMILES string of the molecule is COc1cccc(C=C2SC(=S)N(CC(=O)N3c4ccccc4Sc4ccccc43)C2=O)c1. The van der Waals surface area contributed by atoms with Crippen LogP contribution in [0.25, 0.3) is 6.08 Å². The molecule has 2 amide bonds. The van der Waals surface area contributed by atoms with Gasteiger partial charge in [-0.15, -0.1) is 0 Å². The largest absolute Gasteiger partial charge is 0.497 e. The average molecular weight is 491 g/mol. The molecule has 2 aliphatic heterocycles. The van der Waals surface area contributed by atoms with Gasteiger partial charge in [0.05, 0.1) is 23.4 Å². The molecule has 0 saturated carbocycles. The van der Waals surface area contributed by atoms with Crippen molar-refractivity contribution in [3.05, 3.63) is 83.3 Å². The van der Waals surface area contributed by atoms with Gasteiger partial charge in [0.15, 0.2) is 0 Å². The van der Waals surface area contributed by atoms with Gasteiger partial charge in [-0.05, 0) is 48.0 Å². The summed E-state index contributed by atoms with van der Waals surface area (Å²) in [5.74, 6) is 0.220. The maximum Gasteiger partial charge on any atom is 0.266 e. The fourth-order valence-electron chi connectivity index (χ4n) is 3.70. The van der Waals surface area contributed by atoms with Gasteiger partial charge < -0.3 is 4.74 Å². The van der Waals surface area contributed by atoms with E-state index in [2.05, 4.69) is 0 Å². The number of thiocarbonyl (C=S) groups is 1. The maximum absolute atomic E-state index is 13.5. The number of fused-ring (bicyclic) bond motifs is 2. The highest BCUT2D eigenvalue weighted by molar-refractivity contribution is 8.26. The average Bonchev–Trinajstić information content (AvgIpc) is 3.09. The first-order valence-electron chi connectivity index (χ1n) is 10.1. The first-order chi connectivity index (χ1) is 16.0. The predicted molar refractivity (Wildman–Crippen MR) is 137 cm³/mol. The second kappa shape index (κ2) is 9.05. The van der Waals surface area contributed by atoms with E-state index in [1.807, 2.05) is 72.8 Å². The van der Waals surface area contributed by atoms with E-state index in [0.29, 0.717) is 15.0 Å². The highest BCUT2D eigenvalue weighted by Gasteiger charge is 2.36. The number of ether oxygens (including phenoxy) is 1. The normalized spacial score (nSPS) is 16.1. The molecule has 3 aromatic carbocycles. The van der Waals surface area contributed by atoms with E-state index in [-0.39, 0.29) is 18.4 Å². The summed E-state index contributed by atoms with van der Waals surface area (Å²) in [5, 5.41) is 0. The van der Waals surface area contributed by atoms with Gasteiger partial charge in [-0.25, -0.2) is 0 Å². The lowest BCUT2D eigenvalue weighted by atomic mass is 10.2. The number of carbonyl (C=O) groups is 2. The van der Waals surface area contributed by atoms with Crippen molar-refractivity contribution in [2.45, 2.75) is 9.79 Å². The van der Waals surface area contributed by atoms with E-state index in [0.717, 1.165) is 26.7 Å². The molecule has 8 heteroatoms. The summed E-state index contributed by atoms with van der Waals surface area (Å²) >= 11 is 8.29. The van der Waals surface area contributed by atoms with E-state index in [9.17, 15) is 9.59 Å². The highest BCUT2D eigenvalue weighted by atomic mass is 32.2. The summed E-state index contributed by atoms with van der Waals surface area (Å²) in [7, 11) is 1.60. The lowest BCUT2D eigenvalue weighted by Crippen LogP contribution is -2.41. The van der Waals surface area contributed by atoms with Crippen molar-refractivity contribution in [3.8, 4) is 5.75 Å². The Labute approximate surface area is 205 Å². The summed E-state index contributed by atoms with van der Waals surface area (Å²) < 4.78 is 5.63. The summed E-state index contributed by atoms with van der Waals surface area (Å²) in [6.45, 7) is -0.131. The zero-order valence-electron chi connectivity index (χ0n) is 17.6. The number of nitrogens with zero attached hydrogens (tertiary/aromatic N) is 2. The van der Waals surface area contributed by atoms with Crippen molar-refractivity contribution in [1.82, 2.24) is 4.90 Å². The Kier molecular flexibility index (Phi) is 5.97. The molecule has 0 radical (unpaired) electrons. The van der Waals surface area contributed by atoms with Crippen LogP contribution in [0.15, 0.2) is 87.5 Å². The Bertz CT molecular complexity index is 1280. The third-order valence-electron chi connectivity index (χ3n) is 5.24. The zero-order valence-corrected chi connectivity index (χ0v) is 20.0. The van der Waals surface area contributed by atoms with Crippen LogP contribution in [-0.2, 0) is 9.59 Å². The third kappa shape index (κ3) is 4.17. The van der Waals surface area contributed by atoms with Crippen LogP contribution in [0.5, 0.6) is 5.75 Å². The van der Waals surface area contributed by atoms with Crippen molar-refractivity contribution >= 4 is 69.3 Å². The monoisotopic (exact) mass is 490 g/mol. The first kappa shape index (κ1) is 21.8. The Morgan fingerprint density at radius 3 is 2.30 bits per heavy atom. The molecular formula is C25H18N2O3S3. The van der Waals surface area contributed by atoms with Crippen LogP contribution in [0.3, 0.4) is 0 Å². The molecule has 0 N–H and O–H groups in total. The number of anilines is 2. The minimum atomic E-state index is -0.269. The standard InChI is InChI=1S/C25H18N2O3S3/c1-30-17-8-6-7-16(13-17)14-22-24(29)26(25(31)33-22)15-23(28)27-18-9-2-4-11-20(18)32-21-12-5-3-10-19(21)27/h2-14H,15H2,1H3. The van der Waals surface area contributed by atoms with Crippen LogP contribution >= 0.6 is 35.7 Å². The molecule has 0 spiro atoms. The Morgan fingerprint density at radius 2 is 1.64 bits per heavy atom. The van der Waals surface area contributed by atoms with Gasteiger partial charge in [0.1, 0.15) is 16.6 Å². The van der Waals surface area contributed by atoms with E-state index in [1.54, 1.807) is 29.8 Å². The van der Waals surface area contributed by atoms with Crippen LogP contribution in [0, 0.1) is 0 Å². The molecule has 5 nitrogen and oxygen atoms in total. The summed E-state index contributed by atoms with van der Waals surface area (Å²) in [6, 6.07) is 23.0. The number of hydrogen-bond acceptors (Lipinski definition) is 6. The van der Waals surface area contributed by atoms with Crippen LogP contribution in [-0.4, -0.2) is 34.7 Å². The quantitative estimate of drug-likeness (QED) is 0.344. The fourth-order valence-corrected chi connectivity index (χ4v) is 6.01. The van der Waals surface area contributed by atoms with Gasteiger partial charge in [-0.1, -0.05) is 72.1 Å². The number of methoxy groups -OCH3 is 1. The summed E-state index contributed by atoms with van der Waals surface area (Å²) in [4.78, 5) is 32.2. The van der Waals surface area contributed by atoms with Crippen LogP contribution in [0.4, 0.5) is 11.4 Å². The molecule has 2 heterocycles. The smallest absolute Gasteiger partial charge is 0.266 e. The second-order valence-electron chi connectivity index (χ2n) is 7.31. The van der Waals surface area contributed by atoms with Crippen molar-refractivity contribution in [2.75, 3.05) is 18.6 Å². The molecule has 0 unspecified atom stereocenters. The topological polar surface area (TPSA) is 49.9 Å². The lowest BCUT2D eigenvalue weighted by Gasteiger charge is -2.32. The van der Waals surface area contributed by atoms with Crippen LogP contribution < -0.4 is 9.64 Å². The van der Waals surface area contributed by atoms with E-state index < -0.39 is 0 Å².